The molecule has 3 aromatic rings. The maximum Gasteiger partial charge on any atom is 0.329 e. The number of nitrogens with zero attached hydrogens (tertiary/aromatic N) is 3. The molecular weight excluding hydrogens is 346 g/mol. The van der Waals surface area contributed by atoms with Gasteiger partial charge in [0.2, 0.25) is 5.95 Å². The number of anilines is 1. The number of methoxy groups -OCH3 is 1. The van der Waals surface area contributed by atoms with Gasteiger partial charge in [0, 0.05) is 20.1 Å². The quantitative estimate of drug-likeness (QED) is 0.663. The van der Waals surface area contributed by atoms with E-state index < -0.39 is 11.2 Å². The molecule has 2 N–H and O–H groups in total. The molecule has 0 bridgehead atoms. The number of aryl methyl sites for hydroxylation is 2. The number of fused-ring (bicyclic) bond motifs is 1. The third kappa shape index (κ3) is 3.89. The van der Waals surface area contributed by atoms with Crippen molar-refractivity contribution in [2.75, 3.05) is 12.4 Å². The Morgan fingerprint density at radius 3 is 2.56 bits per heavy atom. The van der Waals surface area contributed by atoms with Gasteiger partial charge in [-0.05, 0) is 30.0 Å². The van der Waals surface area contributed by atoms with Crippen LogP contribution in [-0.4, -0.2) is 26.2 Å². The molecule has 0 radical (unpaired) electrons. The number of aromatic amines is 1. The van der Waals surface area contributed by atoms with Gasteiger partial charge in [-0.1, -0.05) is 26.0 Å². The number of benzene rings is 1. The second-order valence-corrected chi connectivity index (χ2v) is 6.96. The van der Waals surface area contributed by atoms with Gasteiger partial charge in [-0.2, -0.15) is 4.98 Å². The Labute approximate surface area is 156 Å². The fraction of sp³-hybridized carbons (Fsp3) is 0.421. The molecule has 3 rings (SSSR count). The highest BCUT2D eigenvalue weighted by Gasteiger charge is 2.17. The number of hydrogen-bond acceptors (Lipinski definition) is 5. The van der Waals surface area contributed by atoms with Crippen molar-refractivity contribution in [2.24, 2.45) is 13.0 Å². The smallest absolute Gasteiger partial charge is 0.329 e. The summed E-state index contributed by atoms with van der Waals surface area (Å²) in [5.41, 5.74) is 0.963. The third-order valence-corrected chi connectivity index (χ3v) is 4.55. The van der Waals surface area contributed by atoms with E-state index in [0.717, 1.165) is 17.7 Å². The van der Waals surface area contributed by atoms with Crippen molar-refractivity contribution in [3.8, 4) is 5.75 Å². The second-order valence-electron chi connectivity index (χ2n) is 6.96. The zero-order valence-electron chi connectivity index (χ0n) is 16.1. The first-order valence-electron chi connectivity index (χ1n) is 8.97. The molecule has 27 heavy (non-hydrogen) atoms. The number of rotatable bonds is 7. The third-order valence-electron chi connectivity index (χ3n) is 4.55. The Morgan fingerprint density at radius 1 is 1.22 bits per heavy atom. The standard InChI is InChI=1S/C19H25N5O3/c1-12(2)9-10-24-15-16(23(3)19(26)22-17(15)25)21-18(24)20-11-13-5-7-14(27-4)8-6-13/h5-8,12H,9-11H2,1-4H3,(H,20,21)(H,22,25,26). The Bertz CT molecular complexity index is 1040. The normalized spacial score (nSPS) is 11.3. The lowest BCUT2D eigenvalue weighted by atomic mass is 10.1. The van der Waals surface area contributed by atoms with Crippen molar-refractivity contribution >= 4 is 17.1 Å². The van der Waals surface area contributed by atoms with Crippen LogP contribution in [0, 0.1) is 5.92 Å². The summed E-state index contributed by atoms with van der Waals surface area (Å²) >= 11 is 0. The molecule has 0 unspecified atom stereocenters. The maximum absolute atomic E-state index is 12.4. The summed E-state index contributed by atoms with van der Waals surface area (Å²) in [6.07, 6.45) is 0.894. The Balaban J connectivity index is 1.98. The molecule has 0 aliphatic carbocycles. The van der Waals surface area contributed by atoms with Crippen molar-refractivity contribution in [1.82, 2.24) is 19.1 Å². The van der Waals surface area contributed by atoms with E-state index in [4.69, 9.17) is 4.74 Å². The van der Waals surface area contributed by atoms with Gasteiger partial charge in [0.1, 0.15) is 5.75 Å². The highest BCUT2D eigenvalue weighted by Crippen LogP contribution is 2.19. The largest absolute Gasteiger partial charge is 0.497 e. The van der Waals surface area contributed by atoms with Gasteiger partial charge in [-0.15, -0.1) is 0 Å². The van der Waals surface area contributed by atoms with E-state index in [1.165, 1.54) is 4.57 Å². The van der Waals surface area contributed by atoms with E-state index in [2.05, 4.69) is 29.1 Å². The number of nitrogens with one attached hydrogen (secondary N) is 2. The van der Waals surface area contributed by atoms with Gasteiger partial charge in [-0.25, -0.2) is 4.79 Å². The second kappa shape index (κ2) is 7.69. The highest BCUT2D eigenvalue weighted by molar-refractivity contribution is 5.74. The summed E-state index contributed by atoms with van der Waals surface area (Å²) in [5, 5.41) is 3.30. The topological polar surface area (TPSA) is 93.9 Å². The number of ether oxygens (including phenoxy) is 1. The molecule has 0 saturated heterocycles. The van der Waals surface area contributed by atoms with Crippen molar-refractivity contribution in [3.63, 3.8) is 0 Å². The minimum absolute atomic E-state index is 0.379. The monoisotopic (exact) mass is 371 g/mol. The first-order valence-corrected chi connectivity index (χ1v) is 8.97. The first-order chi connectivity index (χ1) is 12.9. The highest BCUT2D eigenvalue weighted by atomic mass is 16.5. The van der Waals surface area contributed by atoms with Gasteiger partial charge < -0.3 is 14.6 Å². The van der Waals surface area contributed by atoms with Crippen LogP contribution in [0.3, 0.4) is 0 Å². The van der Waals surface area contributed by atoms with E-state index in [1.807, 2.05) is 28.8 Å². The summed E-state index contributed by atoms with van der Waals surface area (Å²) in [4.78, 5) is 31.2. The lowest BCUT2D eigenvalue weighted by molar-refractivity contribution is 0.414. The van der Waals surface area contributed by atoms with Crippen LogP contribution < -0.4 is 21.3 Å². The molecule has 2 heterocycles. The molecule has 0 saturated carbocycles. The predicted octanol–water partition coefficient (Wildman–Crippen LogP) is 2.09. The zero-order valence-corrected chi connectivity index (χ0v) is 16.1. The van der Waals surface area contributed by atoms with E-state index in [9.17, 15) is 9.59 Å². The van der Waals surface area contributed by atoms with E-state index in [0.29, 0.717) is 36.1 Å². The molecule has 0 aliphatic heterocycles. The van der Waals surface area contributed by atoms with Crippen LogP contribution in [0.25, 0.3) is 11.2 Å². The first kappa shape index (κ1) is 18.8. The lowest BCUT2D eigenvalue weighted by Crippen LogP contribution is -2.29. The van der Waals surface area contributed by atoms with Crippen molar-refractivity contribution in [2.45, 2.75) is 33.4 Å². The van der Waals surface area contributed by atoms with Gasteiger partial charge in [0.05, 0.1) is 7.11 Å². The summed E-state index contributed by atoms with van der Waals surface area (Å²) in [7, 11) is 3.24. The molecular formula is C19H25N5O3. The van der Waals surface area contributed by atoms with E-state index in [1.54, 1.807) is 14.2 Å². The molecule has 0 aliphatic rings. The fourth-order valence-corrected chi connectivity index (χ4v) is 2.90. The van der Waals surface area contributed by atoms with Crippen molar-refractivity contribution in [3.05, 3.63) is 50.7 Å². The van der Waals surface area contributed by atoms with Crippen LogP contribution in [0.1, 0.15) is 25.8 Å². The van der Waals surface area contributed by atoms with Crippen LogP contribution in [0.4, 0.5) is 5.95 Å². The van der Waals surface area contributed by atoms with Gasteiger partial charge in [0.15, 0.2) is 11.2 Å². The summed E-state index contributed by atoms with van der Waals surface area (Å²) in [6.45, 7) is 5.44. The molecule has 2 aromatic heterocycles. The number of H-pyrrole nitrogens is 1. The summed E-state index contributed by atoms with van der Waals surface area (Å²) in [5.74, 6) is 1.85. The lowest BCUT2D eigenvalue weighted by Gasteiger charge is -2.12. The number of imidazole rings is 1. The maximum atomic E-state index is 12.4. The Kier molecular flexibility index (Phi) is 5.34. The van der Waals surface area contributed by atoms with E-state index >= 15 is 0 Å². The molecule has 0 atom stereocenters. The van der Waals surface area contributed by atoms with Crippen LogP contribution in [0.15, 0.2) is 33.9 Å². The summed E-state index contributed by atoms with van der Waals surface area (Å²) < 4.78 is 8.40. The van der Waals surface area contributed by atoms with Crippen LogP contribution in [-0.2, 0) is 20.1 Å². The zero-order chi connectivity index (χ0) is 19.6. The minimum Gasteiger partial charge on any atom is -0.497 e. The molecule has 8 nitrogen and oxygen atoms in total. The molecule has 0 spiro atoms. The SMILES string of the molecule is COc1ccc(CNc2nc3c(c(=O)[nH]c(=O)n3C)n2CCC(C)C)cc1. The number of hydrogen-bond donors (Lipinski definition) is 2. The summed E-state index contributed by atoms with van der Waals surface area (Å²) in [6, 6.07) is 7.73. The van der Waals surface area contributed by atoms with Crippen LogP contribution >= 0.6 is 0 Å². The number of aromatic nitrogens is 4. The van der Waals surface area contributed by atoms with Crippen LogP contribution in [0.2, 0.25) is 0 Å². The minimum atomic E-state index is -0.470. The molecule has 8 heteroatoms. The fourth-order valence-electron chi connectivity index (χ4n) is 2.90. The average molecular weight is 371 g/mol. The molecule has 0 amide bonds. The van der Waals surface area contributed by atoms with Gasteiger partial charge >= 0.3 is 5.69 Å². The Morgan fingerprint density at radius 2 is 1.93 bits per heavy atom. The average Bonchev–Trinajstić information content (AvgIpc) is 3.02. The van der Waals surface area contributed by atoms with Crippen LogP contribution in [0.5, 0.6) is 5.75 Å². The Hall–Kier alpha value is -3.03. The molecule has 0 fully saturated rings. The van der Waals surface area contributed by atoms with Crippen molar-refractivity contribution < 1.29 is 4.74 Å². The van der Waals surface area contributed by atoms with Gasteiger partial charge in [-0.3, -0.25) is 14.3 Å². The van der Waals surface area contributed by atoms with E-state index in [-0.39, 0.29) is 0 Å². The van der Waals surface area contributed by atoms with Gasteiger partial charge in [0.25, 0.3) is 5.56 Å². The molecule has 144 valence electrons. The van der Waals surface area contributed by atoms with Crippen molar-refractivity contribution in [1.29, 1.82) is 0 Å². The predicted molar refractivity (Wildman–Crippen MR) is 105 cm³/mol. The molecule has 1 aromatic carbocycles.